The summed E-state index contributed by atoms with van der Waals surface area (Å²) in [4.78, 5) is 27.2. The summed E-state index contributed by atoms with van der Waals surface area (Å²) in [6, 6.07) is 9.59. The molecule has 1 aromatic carbocycles. The van der Waals surface area contributed by atoms with Crippen molar-refractivity contribution in [2.75, 3.05) is 24.5 Å². The molecule has 2 rings (SSSR count). The third-order valence-electron chi connectivity index (χ3n) is 3.11. The molecule has 0 bridgehead atoms. The number of nitrogens with zero attached hydrogens (tertiary/aromatic N) is 2. The van der Waals surface area contributed by atoms with Gasteiger partial charge in [0, 0.05) is 25.2 Å². The van der Waals surface area contributed by atoms with Gasteiger partial charge in [-0.25, -0.2) is 0 Å². The van der Waals surface area contributed by atoms with Crippen molar-refractivity contribution in [3.05, 3.63) is 30.3 Å². The Bertz CT molecular complexity index is 431. The number of hydrogen-bond donors (Lipinski definition) is 0. The Hall–Kier alpha value is -1.84. The van der Waals surface area contributed by atoms with E-state index >= 15 is 0 Å². The molecule has 0 unspecified atom stereocenters. The normalized spacial score (nSPS) is 15.9. The van der Waals surface area contributed by atoms with Crippen LogP contribution in [-0.4, -0.2) is 36.3 Å². The lowest BCUT2D eigenvalue weighted by atomic mass is 10.2. The van der Waals surface area contributed by atoms with Crippen LogP contribution in [0.25, 0.3) is 0 Å². The molecule has 1 aromatic rings. The van der Waals surface area contributed by atoms with Crippen molar-refractivity contribution in [3.63, 3.8) is 0 Å². The Morgan fingerprint density at radius 1 is 1.22 bits per heavy atom. The molecule has 1 saturated heterocycles. The number of carbonyl (C=O) groups excluding carboxylic acids is 2. The number of carbonyl (C=O) groups is 2. The van der Waals surface area contributed by atoms with Crippen molar-refractivity contribution in [3.8, 4) is 0 Å². The Balaban J connectivity index is 2.01. The van der Waals surface area contributed by atoms with Gasteiger partial charge in [0.25, 0.3) is 0 Å². The average Bonchev–Trinajstić information content (AvgIpc) is 2.40. The number of piperazine rings is 1. The van der Waals surface area contributed by atoms with Crippen molar-refractivity contribution in [1.29, 1.82) is 0 Å². The fraction of sp³-hybridized carbons (Fsp3) is 0.429. The SMILES string of the molecule is CCCC(=O)N1CCN(c2ccccc2)C(=O)C1. The highest BCUT2D eigenvalue weighted by Crippen LogP contribution is 2.16. The van der Waals surface area contributed by atoms with Crippen LogP contribution in [0, 0.1) is 0 Å². The van der Waals surface area contributed by atoms with E-state index in [9.17, 15) is 9.59 Å². The zero-order chi connectivity index (χ0) is 13.0. The topological polar surface area (TPSA) is 40.6 Å². The van der Waals surface area contributed by atoms with Crippen LogP contribution in [0.2, 0.25) is 0 Å². The van der Waals surface area contributed by atoms with Crippen molar-refractivity contribution in [2.45, 2.75) is 19.8 Å². The largest absolute Gasteiger partial charge is 0.332 e. The van der Waals surface area contributed by atoms with E-state index in [-0.39, 0.29) is 18.4 Å². The molecule has 1 aliphatic heterocycles. The van der Waals surface area contributed by atoms with Gasteiger partial charge in [-0.05, 0) is 18.6 Å². The number of anilines is 1. The smallest absolute Gasteiger partial charge is 0.246 e. The number of amides is 2. The molecule has 1 fully saturated rings. The van der Waals surface area contributed by atoms with Gasteiger partial charge >= 0.3 is 0 Å². The molecule has 0 aliphatic carbocycles. The maximum atomic E-state index is 12.0. The molecule has 1 heterocycles. The Morgan fingerprint density at radius 3 is 2.56 bits per heavy atom. The number of rotatable bonds is 3. The van der Waals surface area contributed by atoms with Gasteiger partial charge in [-0.3, -0.25) is 9.59 Å². The van der Waals surface area contributed by atoms with Crippen LogP contribution in [-0.2, 0) is 9.59 Å². The first-order chi connectivity index (χ1) is 8.72. The standard InChI is InChI=1S/C14H18N2O2/c1-2-6-13(17)15-9-10-16(14(18)11-15)12-7-4-3-5-8-12/h3-5,7-8H,2,6,9-11H2,1H3. The maximum Gasteiger partial charge on any atom is 0.246 e. The first kappa shape index (κ1) is 12.6. The molecule has 0 saturated carbocycles. The molecule has 18 heavy (non-hydrogen) atoms. The maximum absolute atomic E-state index is 12.0. The minimum absolute atomic E-state index is 0.00287. The quantitative estimate of drug-likeness (QED) is 0.814. The van der Waals surface area contributed by atoms with Crippen molar-refractivity contribution in [1.82, 2.24) is 4.90 Å². The zero-order valence-electron chi connectivity index (χ0n) is 10.6. The zero-order valence-corrected chi connectivity index (χ0v) is 10.6. The van der Waals surface area contributed by atoms with E-state index < -0.39 is 0 Å². The lowest BCUT2D eigenvalue weighted by molar-refractivity contribution is -0.136. The third-order valence-corrected chi connectivity index (χ3v) is 3.11. The van der Waals surface area contributed by atoms with E-state index in [0.29, 0.717) is 19.5 Å². The lowest BCUT2D eigenvalue weighted by Gasteiger charge is -2.34. The number of hydrogen-bond acceptors (Lipinski definition) is 2. The second kappa shape index (κ2) is 5.67. The fourth-order valence-corrected chi connectivity index (χ4v) is 2.14. The molecule has 0 radical (unpaired) electrons. The van der Waals surface area contributed by atoms with Gasteiger partial charge in [0.1, 0.15) is 6.54 Å². The Labute approximate surface area is 107 Å². The van der Waals surface area contributed by atoms with Gasteiger partial charge in [0.05, 0.1) is 0 Å². The van der Waals surface area contributed by atoms with E-state index in [2.05, 4.69) is 0 Å². The predicted molar refractivity (Wildman–Crippen MR) is 70.3 cm³/mol. The van der Waals surface area contributed by atoms with Crippen molar-refractivity contribution >= 4 is 17.5 Å². The molecule has 1 aliphatic rings. The molecule has 0 spiro atoms. The Kier molecular flexibility index (Phi) is 3.97. The molecule has 4 heteroatoms. The van der Waals surface area contributed by atoms with Crippen molar-refractivity contribution < 1.29 is 9.59 Å². The minimum Gasteiger partial charge on any atom is -0.332 e. The summed E-state index contributed by atoms with van der Waals surface area (Å²) < 4.78 is 0. The summed E-state index contributed by atoms with van der Waals surface area (Å²) in [5.74, 6) is 0.0791. The molecule has 0 N–H and O–H groups in total. The number of benzene rings is 1. The fourth-order valence-electron chi connectivity index (χ4n) is 2.14. The van der Waals surface area contributed by atoms with Crippen LogP contribution in [0.4, 0.5) is 5.69 Å². The van der Waals surface area contributed by atoms with Gasteiger partial charge in [0.15, 0.2) is 0 Å². The van der Waals surface area contributed by atoms with Crippen LogP contribution >= 0.6 is 0 Å². The third kappa shape index (κ3) is 2.70. The molecule has 2 amide bonds. The summed E-state index contributed by atoms with van der Waals surface area (Å²) >= 11 is 0. The highest BCUT2D eigenvalue weighted by molar-refractivity contribution is 5.97. The predicted octanol–water partition coefficient (Wildman–Crippen LogP) is 1.66. The van der Waals surface area contributed by atoms with E-state index in [4.69, 9.17) is 0 Å². The van der Waals surface area contributed by atoms with Crippen LogP contribution in [0.3, 0.4) is 0 Å². The molecular weight excluding hydrogens is 228 g/mol. The molecular formula is C14H18N2O2. The molecule has 0 aromatic heterocycles. The molecule has 4 nitrogen and oxygen atoms in total. The van der Waals surface area contributed by atoms with E-state index in [1.165, 1.54) is 0 Å². The summed E-state index contributed by atoms with van der Waals surface area (Å²) in [5, 5.41) is 0. The average molecular weight is 246 g/mol. The van der Waals surface area contributed by atoms with Crippen LogP contribution in [0.1, 0.15) is 19.8 Å². The first-order valence-electron chi connectivity index (χ1n) is 6.35. The van der Waals surface area contributed by atoms with Crippen LogP contribution in [0.15, 0.2) is 30.3 Å². The first-order valence-corrected chi connectivity index (χ1v) is 6.35. The highest BCUT2D eigenvalue weighted by Gasteiger charge is 2.27. The number of para-hydroxylation sites is 1. The van der Waals surface area contributed by atoms with E-state index in [1.807, 2.05) is 37.3 Å². The van der Waals surface area contributed by atoms with Gasteiger partial charge < -0.3 is 9.80 Å². The molecule has 96 valence electrons. The van der Waals surface area contributed by atoms with Crippen LogP contribution in [0.5, 0.6) is 0 Å². The van der Waals surface area contributed by atoms with Gasteiger partial charge in [-0.1, -0.05) is 25.1 Å². The molecule has 0 atom stereocenters. The van der Waals surface area contributed by atoms with E-state index in [1.54, 1.807) is 9.80 Å². The van der Waals surface area contributed by atoms with Gasteiger partial charge in [0.2, 0.25) is 11.8 Å². The van der Waals surface area contributed by atoms with Gasteiger partial charge in [-0.15, -0.1) is 0 Å². The summed E-state index contributed by atoms with van der Waals surface area (Å²) in [6.07, 6.45) is 1.35. The summed E-state index contributed by atoms with van der Waals surface area (Å²) in [6.45, 7) is 3.38. The van der Waals surface area contributed by atoms with E-state index in [0.717, 1.165) is 12.1 Å². The lowest BCUT2D eigenvalue weighted by Crippen LogP contribution is -2.52. The summed E-state index contributed by atoms with van der Waals surface area (Å²) in [5.41, 5.74) is 0.907. The monoisotopic (exact) mass is 246 g/mol. The summed E-state index contributed by atoms with van der Waals surface area (Å²) in [7, 11) is 0. The second-order valence-corrected chi connectivity index (χ2v) is 4.45. The second-order valence-electron chi connectivity index (χ2n) is 4.45. The highest BCUT2D eigenvalue weighted by atomic mass is 16.2. The Morgan fingerprint density at radius 2 is 1.94 bits per heavy atom. The van der Waals surface area contributed by atoms with Gasteiger partial charge in [-0.2, -0.15) is 0 Å². The minimum atomic E-state index is -0.00287. The van der Waals surface area contributed by atoms with Crippen molar-refractivity contribution in [2.24, 2.45) is 0 Å². The van der Waals surface area contributed by atoms with Crippen LogP contribution < -0.4 is 4.90 Å².